The first-order chi connectivity index (χ1) is 9.10. The number of carboxylic acid groups (broad SMARTS) is 1. The predicted octanol–water partition coefficient (Wildman–Crippen LogP) is 2.41. The van der Waals surface area contributed by atoms with E-state index in [0.717, 1.165) is 0 Å². The van der Waals surface area contributed by atoms with Crippen molar-refractivity contribution in [2.45, 2.75) is 32.1 Å². The Morgan fingerprint density at radius 1 is 1.40 bits per heavy atom. The van der Waals surface area contributed by atoms with Crippen LogP contribution in [0.2, 0.25) is 0 Å². The zero-order valence-corrected chi connectivity index (χ0v) is 12.5. The van der Waals surface area contributed by atoms with E-state index in [0.29, 0.717) is 0 Å². The van der Waals surface area contributed by atoms with Crippen LogP contribution >= 0.6 is 0 Å². The minimum atomic E-state index is -3.60. The second-order valence-corrected chi connectivity index (χ2v) is 7.38. The number of carbonyl (C=O) groups is 1. The molecule has 0 amide bonds. The molecule has 0 radical (unpaired) electrons. The van der Waals surface area contributed by atoms with Gasteiger partial charge in [-0.15, -0.1) is 0 Å². The summed E-state index contributed by atoms with van der Waals surface area (Å²) in [5, 5.41) is 17.9. The van der Waals surface area contributed by atoms with E-state index in [1.165, 1.54) is 25.1 Å². The summed E-state index contributed by atoms with van der Waals surface area (Å²) >= 11 is 0. The Kier molecular flexibility index (Phi) is 4.56. The van der Waals surface area contributed by atoms with Crippen LogP contribution in [0.25, 0.3) is 0 Å². The van der Waals surface area contributed by atoms with Crippen molar-refractivity contribution in [2.24, 2.45) is 5.41 Å². The molecule has 1 N–H and O–H groups in total. The van der Waals surface area contributed by atoms with Gasteiger partial charge in [-0.1, -0.05) is 6.07 Å². The van der Waals surface area contributed by atoms with Crippen molar-refractivity contribution in [3.63, 3.8) is 0 Å². The van der Waals surface area contributed by atoms with Gasteiger partial charge in [0, 0.05) is 0 Å². The van der Waals surface area contributed by atoms with Crippen molar-refractivity contribution in [1.29, 1.82) is 5.26 Å². The highest BCUT2D eigenvalue weighted by Gasteiger charge is 2.25. The van der Waals surface area contributed by atoms with Crippen LogP contribution in [-0.2, 0) is 9.84 Å². The van der Waals surface area contributed by atoms with E-state index in [2.05, 4.69) is 6.07 Å². The molecule has 1 aromatic carbocycles. The normalized spacial score (nSPS) is 11.9. The number of nitriles is 1. The molecule has 0 aliphatic rings. The number of aromatic carboxylic acids is 1. The fourth-order valence-electron chi connectivity index (χ4n) is 1.74. The number of hydrogen-bond acceptors (Lipinski definition) is 4. The summed E-state index contributed by atoms with van der Waals surface area (Å²) in [4.78, 5) is 11.0. The van der Waals surface area contributed by atoms with E-state index in [-0.39, 0.29) is 28.2 Å². The molecule has 0 bridgehead atoms. The highest BCUT2D eigenvalue weighted by atomic mass is 32.2. The van der Waals surface area contributed by atoms with Crippen molar-refractivity contribution >= 4 is 15.8 Å². The van der Waals surface area contributed by atoms with E-state index in [9.17, 15) is 13.2 Å². The molecule has 1 rings (SSSR count). The Morgan fingerprint density at radius 3 is 2.50 bits per heavy atom. The van der Waals surface area contributed by atoms with Crippen LogP contribution in [0.3, 0.4) is 0 Å². The van der Waals surface area contributed by atoms with E-state index >= 15 is 0 Å². The molecule has 0 fully saturated rings. The molecule has 108 valence electrons. The van der Waals surface area contributed by atoms with Crippen LogP contribution in [0, 0.1) is 23.7 Å². The van der Waals surface area contributed by atoms with Crippen LogP contribution < -0.4 is 0 Å². The Balaban J connectivity index is 3.15. The van der Waals surface area contributed by atoms with Crippen LogP contribution in [0.4, 0.5) is 0 Å². The Morgan fingerprint density at radius 2 is 2.00 bits per heavy atom. The van der Waals surface area contributed by atoms with Crippen LogP contribution in [0.1, 0.15) is 36.2 Å². The summed E-state index contributed by atoms with van der Waals surface area (Å²) in [6.07, 6.45) is 0.197. The van der Waals surface area contributed by atoms with Gasteiger partial charge in [0.05, 0.1) is 27.7 Å². The second-order valence-electron chi connectivity index (χ2n) is 5.30. The minimum Gasteiger partial charge on any atom is -0.478 e. The lowest BCUT2D eigenvalue weighted by atomic mass is 9.93. The molecule has 1 aromatic rings. The van der Waals surface area contributed by atoms with Gasteiger partial charge >= 0.3 is 5.97 Å². The molecular formula is C14H17NO4S. The zero-order chi connectivity index (χ0) is 15.6. The molecule has 0 unspecified atom stereocenters. The number of hydrogen-bond donors (Lipinski definition) is 1. The Bertz CT molecular complexity index is 669. The first-order valence-electron chi connectivity index (χ1n) is 6.08. The highest BCUT2D eigenvalue weighted by Crippen LogP contribution is 2.25. The summed E-state index contributed by atoms with van der Waals surface area (Å²) < 4.78 is 24.6. The third kappa shape index (κ3) is 3.58. The molecule has 0 aromatic heterocycles. The van der Waals surface area contributed by atoms with Crippen molar-refractivity contribution < 1.29 is 18.3 Å². The quantitative estimate of drug-likeness (QED) is 0.900. The monoisotopic (exact) mass is 295 g/mol. The standard InChI is InChI=1S/C14H17NO4S/c1-10-11(13(16)17)5-4-6-12(10)20(18,19)8-7-14(2,3)9-15/h4-6H,7-8H2,1-3H3,(H,16,17). The maximum absolute atomic E-state index is 12.3. The lowest BCUT2D eigenvalue weighted by Crippen LogP contribution is -2.17. The third-order valence-corrected chi connectivity index (χ3v) is 5.00. The van der Waals surface area contributed by atoms with Gasteiger partial charge in [0.1, 0.15) is 0 Å². The second kappa shape index (κ2) is 5.63. The summed E-state index contributed by atoms with van der Waals surface area (Å²) in [5.74, 6) is -1.34. The zero-order valence-electron chi connectivity index (χ0n) is 11.7. The fourth-order valence-corrected chi connectivity index (χ4v) is 3.60. The summed E-state index contributed by atoms with van der Waals surface area (Å²) in [7, 11) is -3.60. The van der Waals surface area contributed by atoms with Crippen LogP contribution in [-0.4, -0.2) is 25.2 Å². The minimum absolute atomic E-state index is 0.0196. The van der Waals surface area contributed by atoms with Crippen molar-refractivity contribution in [2.75, 3.05) is 5.75 Å². The molecule has 0 aliphatic carbocycles. The molecule has 0 atom stereocenters. The number of sulfone groups is 1. The van der Waals surface area contributed by atoms with Gasteiger partial charge in [-0.3, -0.25) is 0 Å². The number of benzene rings is 1. The number of nitrogens with zero attached hydrogens (tertiary/aromatic N) is 1. The molecule has 0 spiro atoms. The largest absolute Gasteiger partial charge is 0.478 e. The molecule has 6 heteroatoms. The topological polar surface area (TPSA) is 95.2 Å². The summed E-state index contributed by atoms with van der Waals surface area (Å²) in [6, 6.07) is 6.24. The molecule has 0 heterocycles. The maximum Gasteiger partial charge on any atom is 0.335 e. The average Bonchev–Trinajstić information content (AvgIpc) is 2.36. The summed E-state index contributed by atoms with van der Waals surface area (Å²) in [6.45, 7) is 4.82. The molecule has 0 saturated carbocycles. The smallest absolute Gasteiger partial charge is 0.335 e. The van der Waals surface area contributed by atoms with Crippen LogP contribution in [0.5, 0.6) is 0 Å². The van der Waals surface area contributed by atoms with Crippen molar-refractivity contribution in [3.8, 4) is 6.07 Å². The molecule has 5 nitrogen and oxygen atoms in total. The van der Waals surface area contributed by atoms with Crippen molar-refractivity contribution in [1.82, 2.24) is 0 Å². The lowest BCUT2D eigenvalue weighted by molar-refractivity contribution is 0.0696. The van der Waals surface area contributed by atoms with E-state index in [1.807, 2.05) is 0 Å². The fraction of sp³-hybridized carbons (Fsp3) is 0.429. The molecular weight excluding hydrogens is 278 g/mol. The molecule has 20 heavy (non-hydrogen) atoms. The first-order valence-corrected chi connectivity index (χ1v) is 7.73. The molecule has 0 saturated heterocycles. The highest BCUT2D eigenvalue weighted by molar-refractivity contribution is 7.91. The Labute approximate surface area is 118 Å². The van der Waals surface area contributed by atoms with Gasteiger partial charge in [-0.25, -0.2) is 13.2 Å². The average molecular weight is 295 g/mol. The summed E-state index contributed by atoms with van der Waals surface area (Å²) in [5.41, 5.74) is -0.522. The van der Waals surface area contributed by atoms with Gasteiger partial charge in [0.25, 0.3) is 0 Å². The number of rotatable bonds is 5. The van der Waals surface area contributed by atoms with Crippen molar-refractivity contribution in [3.05, 3.63) is 29.3 Å². The van der Waals surface area contributed by atoms with Gasteiger partial charge in [-0.05, 0) is 44.9 Å². The maximum atomic E-state index is 12.3. The third-order valence-electron chi connectivity index (χ3n) is 3.15. The lowest BCUT2D eigenvalue weighted by Gasteiger charge is -2.16. The molecule has 0 aliphatic heterocycles. The first kappa shape index (κ1) is 16.2. The van der Waals surface area contributed by atoms with E-state index in [1.54, 1.807) is 13.8 Å². The van der Waals surface area contributed by atoms with E-state index < -0.39 is 21.2 Å². The number of carboxylic acids is 1. The SMILES string of the molecule is Cc1c(C(=O)O)cccc1S(=O)(=O)CCC(C)(C)C#N. The van der Waals surface area contributed by atoms with Gasteiger partial charge in [0.2, 0.25) is 0 Å². The van der Waals surface area contributed by atoms with Crippen LogP contribution in [0.15, 0.2) is 23.1 Å². The predicted molar refractivity (Wildman–Crippen MR) is 74.2 cm³/mol. The van der Waals surface area contributed by atoms with Gasteiger partial charge in [0.15, 0.2) is 9.84 Å². The Hall–Kier alpha value is -1.87. The van der Waals surface area contributed by atoms with Gasteiger partial charge < -0.3 is 5.11 Å². The van der Waals surface area contributed by atoms with Gasteiger partial charge in [-0.2, -0.15) is 5.26 Å². The van der Waals surface area contributed by atoms with E-state index in [4.69, 9.17) is 10.4 Å².